The highest BCUT2D eigenvalue weighted by molar-refractivity contribution is 8.15. The maximum Gasteiger partial charge on any atom is 0.240 e. The Bertz CT molecular complexity index is 489. The molecular weight excluding hydrogens is 305 g/mol. The van der Waals surface area contributed by atoms with Gasteiger partial charge in [-0.25, -0.2) is 0 Å². The molecule has 0 aliphatic rings. The van der Waals surface area contributed by atoms with E-state index in [1.54, 1.807) is 0 Å². The summed E-state index contributed by atoms with van der Waals surface area (Å²) in [5.74, 6) is 0. The molecule has 0 atom stereocenters. The second kappa shape index (κ2) is 7.95. The van der Waals surface area contributed by atoms with Gasteiger partial charge in [0.05, 0.1) is 5.08 Å². The Kier molecular flexibility index (Phi) is 6.94. The van der Waals surface area contributed by atoms with Crippen molar-refractivity contribution in [3.05, 3.63) is 53.7 Å². The molecule has 2 aromatic rings. The molecule has 0 unspecified atom stereocenters. The van der Waals surface area contributed by atoms with Gasteiger partial charge < -0.3 is 12.4 Å². The van der Waals surface area contributed by atoms with Crippen molar-refractivity contribution < 1.29 is 17.0 Å². The van der Waals surface area contributed by atoms with Gasteiger partial charge >= 0.3 is 0 Å². The summed E-state index contributed by atoms with van der Waals surface area (Å²) in [6, 6.07) is 14.2. The molecule has 0 fully saturated rings. The Hall–Kier alpha value is -0.350. The lowest BCUT2D eigenvalue weighted by molar-refractivity contribution is -0.708. The number of halogens is 2. The van der Waals surface area contributed by atoms with Crippen molar-refractivity contribution in [1.29, 1.82) is 0 Å². The van der Waals surface area contributed by atoms with Crippen LogP contribution in [0.1, 0.15) is 0 Å². The molecule has 0 N–H and O–H groups in total. The summed E-state index contributed by atoms with van der Waals surface area (Å²) in [4.78, 5) is 1.25. The summed E-state index contributed by atoms with van der Waals surface area (Å²) < 4.78 is 2.13. The van der Waals surface area contributed by atoms with E-state index in [-0.39, 0.29) is 12.4 Å². The minimum atomic E-state index is 0. The Balaban J connectivity index is 0.00000162. The summed E-state index contributed by atoms with van der Waals surface area (Å²) in [5, 5.41) is 3.06. The van der Waals surface area contributed by atoms with Gasteiger partial charge in [-0.05, 0) is 42.1 Å². The van der Waals surface area contributed by atoms with E-state index in [1.807, 2.05) is 41.7 Å². The first-order valence-corrected chi connectivity index (χ1v) is 7.56. The lowest BCUT2D eigenvalue weighted by Gasteiger charge is -2.01. The fourth-order valence-corrected chi connectivity index (χ4v) is 3.50. The zero-order valence-electron chi connectivity index (χ0n) is 9.85. The van der Waals surface area contributed by atoms with E-state index in [0.29, 0.717) is 0 Å². The van der Waals surface area contributed by atoms with Gasteiger partial charge in [0.25, 0.3) is 0 Å². The summed E-state index contributed by atoms with van der Waals surface area (Å²) in [6.07, 6.45) is 2.06. The first-order chi connectivity index (χ1) is 8.25. The average Bonchev–Trinajstić information content (AvgIpc) is 2.34. The molecule has 1 nitrogen and oxygen atoms in total. The van der Waals surface area contributed by atoms with Crippen molar-refractivity contribution in [2.24, 2.45) is 7.05 Å². The molecule has 96 valence electrons. The van der Waals surface area contributed by atoms with Gasteiger partial charge in [-0.15, -0.1) is 11.8 Å². The third-order valence-corrected chi connectivity index (χ3v) is 4.77. The minimum absolute atomic E-state index is 0. The van der Waals surface area contributed by atoms with Crippen LogP contribution >= 0.6 is 35.1 Å². The first-order valence-electron chi connectivity index (χ1n) is 5.21. The van der Waals surface area contributed by atoms with E-state index in [4.69, 9.17) is 11.6 Å². The normalized spacial score (nSPS) is 9.89. The molecule has 0 bridgehead atoms. The van der Waals surface area contributed by atoms with Crippen molar-refractivity contribution >= 4 is 35.1 Å². The number of hydrogen-bond acceptors (Lipinski definition) is 2. The molecule has 18 heavy (non-hydrogen) atoms. The molecule has 0 amide bonds. The number of nitrogens with zero attached hydrogens (tertiary/aromatic N) is 1. The maximum atomic E-state index is 5.84. The number of aryl methyl sites for hydroxylation is 1. The Labute approximate surface area is 127 Å². The minimum Gasteiger partial charge on any atom is -1.00 e. The molecule has 0 spiro atoms. The standard InChI is InChI=1S/C13H13ClNS2.ClH/c1-15-9-3-2-4-13(15)17-10-16-12-7-5-11(14)6-8-12;/h2-9H,10H2,1H3;1H/q+1;/p-1. The van der Waals surface area contributed by atoms with Crippen molar-refractivity contribution in [3.63, 3.8) is 0 Å². The van der Waals surface area contributed by atoms with E-state index < -0.39 is 0 Å². The van der Waals surface area contributed by atoms with Crippen molar-refractivity contribution in [1.82, 2.24) is 0 Å². The predicted octanol–water partition coefficient (Wildman–Crippen LogP) is 1.01. The zero-order valence-corrected chi connectivity index (χ0v) is 13.0. The van der Waals surface area contributed by atoms with Crippen LogP contribution in [0.2, 0.25) is 5.02 Å². The largest absolute Gasteiger partial charge is 1.00 e. The van der Waals surface area contributed by atoms with Crippen LogP contribution in [0.15, 0.2) is 58.6 Å². The zero-order chi connectivity index (χ0) is 12.1. The van der Waals surface area contributed by atoms with Gasteiger partial charge in [0.1, 0.15) is 7.05 Å². The summed E-state index contributed by atoms with van der Waals surface area (Å²) in [5.41, 5.74) is 0. The highest BCUT2D eigenvalue weighted by Crippen LogP contribution is 2.26. The highest BCUT2D eigenvalue weighted by Gasteiger charge is 2.05. The molecule has 5 heteroatoms. The SMILES string of the molecule is C[n+]1ccccc1SCSc1ccc(Cl)cc1.[Cl-]. The average molecular weight is 318 g/mol. The van der Waals surface area contributed by atoms with E-state index in [0.717, 1.165) is 10.1 Å². The van der Waals surface area contributed by atoms with Crippen LogP contribution in [0.5, 0.6) is 0 Å². The third kappa shape index (κ3) is 4.73. The van der Waals surface area contributed by atoms with Crippen molar-refractivity contribution in [2.45, 2.75) is 9.92 Å². The molecule has 0 radical (unpaired) electrons. The lowest BCUT2D eigenvalue weighted by Crippen LogP contribution is -3.00. The molecule has 0 aliphatic heterocycles. The number of pyridine rings is 1. The number of aromatic nitrogens is 1. The fourth-order valence-electron chi connectivity index (χ4n) is 1.35. The van der Waals surface area contributed by atoms with Crippen LogP contribution in [0.4, 0.5) is 0 Å². The van der Waals surface area contributed by atoms with Gasteiger partial charge in [0, 0.05) is 22.1 Å². The van der Waals surface area contributed by atoms with Gasteiger partial charge in [0.15, 0.2) is 6.20 Å². The van der Waals surface area contributed by atoms with Crippen LogP contribution in [0, 0.1) is 0 Å². The van der Waals surface area contributed by atoms with Crippen LogP contribution in [-0.2, 0) is 7.05 Å². The molecule has 1 heterocycles. The Morgan fingerprint density at radius 2 is 1.78 bits per heavy atom. The van der Waals surface area contributed by atoms with E-state index in [1.165, 1.54) is 9.92 Å². The summed E-state index contributed by atoms with van der Waals surface area (Å²) in [7, 11) is 2.06. The molecule has 1 aromatic carbocycles. The topological polar surface area (TPSA) is 3.88 Å². The second-order valence-electron chi connectivity index (χ2n) is 3.51. The van der Waals surface area contributed by atoms with E-state index >= 15 is 0 Å². The monoisotopic (exact) mass is 317 g/mol. The Morgan fingerprint density at radius 3 is 2.44 bits per heavy atom. The molecule has 1 aromatic heterocycles. The molecular formula is C13H13Cl2NS2. The van der Waals surface area contributed by atoms with E-state index in [2.05, 4.69) is 42.1 Å². The molecule has 0 saturated carbocycles. The quantitative estimate of drug-likeness (QED) is 0.471. The number of rotatable bonds is 4. The first kappa shape index (κ1) is 15.7. The second-order valence-corrected chi connectivity index (χ2v) is 6.36. The number of benzene rings is 1. The number of thioether (sulfide) groups is 2. The van der Waals surface area contributed by atoms with Crippen LogP contribution in [0.25, 0.3) is 0 Å². The van der Waals surface area contributed by atoms with E-state index in [9.17, 15) is 0 Å². The third-order valence-electron chi connectivity index (χ3n) is 2.25. The van der Waals surface area contributed by atoms with Gasteiger partial charge in [-0.3, -0.25) is 0 Å². The molecule has 0 saturated heterocycles. The fraction of sp³-hybridized carbons (Fsp3) is 0.154. The van der Waals surface area contributed by atoms with Gasteiger partial charge in [0.2, 0.25) is 5.03 Å². The predicted molar refractivity (Wildman–Crippen MR) is 75.7 cm³/mol. The smallest absolute Gasteiger partial charge is 0.240 e. The van der Waals surface area contributed by atoms with Crippen molar-refractivity contribution in [2.75, 3.05) is 5.08 Å². The van der Waals surface area contributed by atoms with Crippen LogP contribution < -0.4 is 17.0 Å². The number of hydrogen-bond donors (Lipinski definition) is 0. The van der Waals surface area contributed by atoms with Gasteiger partial charge in [-0.2, -0.15) is 4.57 Å². The summed E-state index contributed by atoms with van der Waals surface area (Å²) >= 11 is 9.51. The van der Waals surface area contributed by atoms with Crippen molar-refractivity contribution in [3.8, 4) is 0 Å². The van der Waals surface area contributed by atoms with Gasteiger partial charge in [-0.1, -0.05) is 11.6 Å². The lowest BCUT2D eigenvalue weighted by atomic mass is 10.4. The van der Waals surface area contributed by atoms with Crippen LogP contribution in [-0.4, -0.2) is 5.08 Å². The molecule has 0 aliphatic carbocycles. The molecule has 2 rings (SSSR count). The summed E-state index contributed by atoms with van der Waals surface area (Å²) in [6.45, 7) is 0. The highest BCUT2D eigenvalue weighted by atomic mass is 35.5. The maximum absolute atomic E-state index is 5.84. The Morgan fingerprint density at radius 1 is 1.06 bits per heavy atom. The van der Waals surface area contributed by atoms with Crippen LogP contribution in [0.3, 0.4) is 0 Å².